The minimum atomic E-state index is 0.500. The Balaban J connectivity index is 2.68. The fraction of sp³-hybridized carbons (Fsp3) is 0. The molecule has 0 atom stereocenters. The van der Waals surface area contributed by atoms with E-state index < -0.39 is 0 Å². The van der Waals surface area contributed by atoms with Crippen molar-refractivity contribution in [3.05, 3.63) is 39.5 Å². The summed E-state index contributed by atoms with van der Waals surface area (Å²) in [4.78, 5) is 0. The first-order valence-electron chi connectivity index (χ1n) is 3.83. The number of aromatic nitrogens is 2. The third kappa shape index (κ3) is 1.61. The molecule has 0 amide bonds. The lowest BCUT2D eigenvalue weighted by molar-refractivity contribution is 1.10. The van der Waals surface area contributed by atoms with Crippen LogP contribution in [0.1, 0.15) is 0 Å². The Kier molecular flexibility index (Phi) is 2.68. The maximum absolute atomic E-state index is 6.00. The van der Waals surface area contributed by atoms with E-state index >= 15 is 0 Å². The van der Waals surface area contributed by atoms with Crippen molar-refractivity contribution in [3.8, 4) is 11.3 Å². The van der Waals surface area contributed by atoms with Gasteiger partial charge in [-0.15, -0.1) is 0 Å². The Morgan fingerprint density at radius 2 is 1.64 bits per heavy atom. The summed E-state index contributed by atoms with van der Waals surface area (Å²) < 4.78 is 0. The summed E-state index contributed by atoms with van der Waals surface area (Å²) in [6, 6.07) is 5.28. The van der Waals surface area contributed by atoms with E-state index in [1.807, 2.05) is 0 Å². The molecule has 2 rings (SSSR count). The number of halogens is 3. The molecule has 1 aromatic heterocycles. The highest BCUT2D eigenvalue weighted by Gasteiger charge is 2.12. The molecule has 0 fully saturated rings. The van der Waals surface area contributed by atoms with E-state index in [9.17, 15) is 0 Å². The van der Waals surface area contributed by atoms with Gasteiger partial charge in [-0.05, 0) is 12.1 Å². The molecule has 0 saturated heterocycles. The number of hydrogen-bond donors (Lipinski definition) is 1. The van der Waals surface area contributed by atoms with Crippen molar-refractivity contribution in [3.63, 3.8) is 0 Å². The zero-order chi connectivity index (χ0) is 10.1. The standard InChI is InChI=1S/C9H5Cl3N2/c10-5-2-1-3-6(11)8(5)9-7(12)4-13-14-9/h1-4H,(H,13,14). The number of hydrogen-bond acceptors (Lipinski definition) is 1. The number of rotatable bonds is 1. The molecule has 1 N–H and O–H groups in total. The van der Waals surface area contributed by atoms with Crippen LogP contribution in [0.4, 0.5) is 0 Å². The van der Waals surface area contributed by atoms with Crippen molar-refractivity contribution < 1.29 is 0 Å². The van der Waals surface area contributed by atoms with Crippen molar-refractivity contribution >= 4 is 34.8 Å². The van der Waals surface area contributed by atoms with Crippen molar-refractivity contribution in [1.82, 2.24) is 10.2 Å². The largest absolute Gasteiger partial charge is 0.276 e. The van der Waals surface area contributed by atoms with Gasteiger partial charge in [0.15, 0.2) is 0 Å². The van der Waals surface area contributed by atoms with Crippen LogP contribution in [0.5, 0.6) is 0 Å². The van der Waals surface area contributed by atoms with Crippen LogP contribution >= 0.6 is 34.8 Å². The van der Waals surface area contributed by atoms with Crippen LogP contribution in [0.25, 0.3) is 11.3 Å². The molecule has 5 heteroatoms. The van der Waals surface area contributed by atoms with Crippen LogP contribution < -0.4 is 0 Å². The van der Waals surface area contributed by atoms with Crippen molar-refractivity contribution in [1.29, 1.82) is 0 Å². The molecule has 0 unspecified atom stereocenters. The third-order valence-corrected chi connectivity index (χ3v) is 2.72. The summed E-state index contributed by atoms with van der Waals surface area (Å²) >= 11 is 17.9. The first-order chi connectivity index (χ1) is 6.70. The lowest BCUT2D eigenvalue weighted by Gasteiger charge is -2.04. The monoisotopic (exact) mass is 246 g/mol. The molecule has 72 valence electrons. The number of H-pyrrole nitrogens is 1. The number of nitrogens with zero attached hydrogens (tertiary/aromatic N) is 1. The predicted molar refractivity (Wildman–Crippen MR) is 59.1 cm³/mol. The van der Waals surface area contributed by atoms with Crippen molar-refractivity contribution in [2.45, 2.75) is 0 Å². The summed E-state index contributed by atoms with van der Waals surface area (Å²) in [5.74, 6) is 0. The quantitative estimate of drug-likeness (QED) is 0.809. The van der Waals surface area contributed by atoms with Gasteiger partial charge in [-0.1, -0.05) is 40.9 Å². The van der Waals surface area contributed by atoms with Gasteiger partial charge in [0.05, 0.1) is 27.0 Å². The molecule has 0 aliphatic carbocycles. The van der Waals surface area contributed by atoms with E-state index in [0.29, 0.717) is 26.3 Å². The lowest BCUT2D eigenvalue weighted by Crippen LogP contribution is -1.82. The van der Waals surface area contributed by atoms with Gasteiger partial charge in [-0.25, -0.2) is 0 Å². The van der Waals surface area contributed by atoms with Gasteiger partial charge < -0.3 is 0 Å². The summed E-state index contributed by atoms with van der Waals surface area (Å²) in [5.41, 5.74) is 1.32. The molecule has 0 aliphatic heterocycles. The van der Waals surface area contributed by atoms with E-state index in [2.05, 4.69) is 10.2 Å². The summed E-state index contributed by atoms with van der Waals surface area (Å²) in [6.45, 7) is 0. The van der Waals surface area contributed by atoms with E-state index in [-0.39, 0.29) is 0 Å². The van der Waals surface area contributed by atoms with Gasteiger partial charge in [-0.3, -0.25) is 5.10 Å². The lowest BCUT2D eigenvalue weighted by atomic mass is 10.1. The molecule has 0 radical (unpaired) electrons. The summed E-state index contributed by atoms with van der Waals surface area (Å²) in [7, 11) is 0. The number of nitrogens with one attached hydrogen (secondary N) is 1. The van der Waals surface area contributed by atoms with Crippen LogP contribution in [-0.4, -0.2) is 10.2 Å². The summed E-state index contributed by atoms with van der Waals surface area (Å²) in [6.07, 6.45) is 1.51. The van der Waals surface area contributed by atoms with Crippen LogP contribution in [0.3, 0.4) is 0 Å². The molecule has 0 spiro atoms. The van der Waals surface area contributed by atoms with Gasteiger partial charge in [0.1, 0.15) is 0 Å². The molecule has 0 aliphatic rings. The SMILES string of the molecule is Clc1cn[nH]c1-c1c(Cl)cccc1Cl. The number of benzene rings is 1. The molecule has 2 nitrogen and oxygen atoms in total. The minimum absolute atomic E-state index is 0.500. The Bertz CT molecular complexity index is 445. The van der Waals surface area contributed by atoms with Gasteiger partial charge in [0.2, 0.25) is 0 Å². The van der Waals surface area contributed by atoms with Gasteiger partial charge in [-0.2, -0.15) is 5.10 Å². The second kappa shape index (κ2) is 3.81. The molecule has 2 aromatic rings. The first kappa shape index (κ1) is 9.84. The Morgan fingerprint density at radius 1 is 1.00 bits per heavy atom. The van der Waals surface area contributed by atoms with Crippen molar-refractivity contribution in [2.24, 2.45) is 0 Å². The Morgan fingerprint density at radius 3 is 2.14 bits per heavy atom. The van der Waals surface area contributed by atoms with Gasteiger partial charge in [0.25, 0.3) is 0 Å². The van der Waals surface area contributed by atoms with Gasteiger partial charge in [0, 0.05) is 5.56 Å². The molecule has 0 bridgehead atoms. The summed E-state index contributed by atoms with van der Waals surface area (Å²) in [5, 5.41) is 8.15. The van der Waals surface area contributed by atoms with Crippen LogP contribution in [0.15, 0.2) is 24.4 Å². The zero-order valence-corrected chi connectivity index (χ0v) is 9.16. The zero-order valence-electron chi connectivity index (χ0n) is 6.89. The Hall–Kier alpha value is -0.700. The molecular formula is C9H5Cl3N2. The predicted octanol–water partition coefficient (Wildman–Crippen LogP) is 4.04. The average Bonchev–Trinajstić information content (AvgIpc) is 2.52. The second-order valence-corrected chi connectivity index (χ2v) is 3.91. The van der Waals surface area contributed by atoms with Crippen molar-refractivity contribution in [2.75, 3.05) is 0 Å². The highest BCUT2D eigenvalue weighted by molar-refractivity contribution is 6.40. The fourth-order valence-corrected chi connectivity index (χ4v) is 1.96. The second-order valence-electron chi connectivity index (χ2n) is 2.69. The highest BCUT2D eigenvalue weighted by atomic mass is 35.5. The average molecular weight is 248 g/mol. The Labute approximate surface area is 95.8 Å². The van der Waals surface area contributed by atoms with E-state index in [1.54, 1.807) is 18.2 Å². The van der Waals surface area contributed by atoms with E-state index in [0.717, 1.165) is 0 Å². The molecular weight excluding hydrogens is 242 g/mol. The molecule has 14 heavy (non-hydrogen) atoms. The van der Waals surface area contributed by atoms with Crippen LogP contribution in [0, 0.1) is 0 Å². The van der Waals surface area contributed by atoms with E-state index in [1.165, 1.54) is 6.20 Å². The normalized spacial score (nSPS) is 10.5. The number of aromatic amines is 1. The maximum Gasteiger partial charge on any atom is 0.0866 e. The maximum atomic E-state index is 6.00. The molecule has 1 aromatic carbocycles. The fourth-order valence-electron chi connectivity index (χ4n) is 1.18. The highest BCUT2D eigenvalue weighted by Crippen LogP contribution is 2.36. The van der Waals surface area contributed by atoms with Crippen LogP contribution in [-0.2, 0) is 0 Å². The van der Waals surface area contributed by atoms with Crippen LogP contribution in [0.2, 0.25) is 15.1 Å². The molecule has 0 saturated carbocycles. The minimum Gasteiger partial charge on any atom is -0.276 e. The first-order valence-corrected chi connectivity index (χ1v) is 4.97. The third-order valence-electron chi connectivity index (χ3n) is 1.81. The van der Waals surface area contributed by atoms with Gasteiger partial charge >= 0.3 is 0 Å². The smallest absolute Gasteiger partial charge is 0.0866 e. The topological polar surface area (TPSA) is 28.7 Å². The molecule has 1 heterocycles. The van der Waals surface area contributed by atoms with E-state index in [4.69, 9.17) is 34.8 Å².